The molecule has 0 aliphatic heterocycles. The summed E-state index contributed by atoms with van der Waals surface area (Å²) in [5, 5.41) is 12.0. The molecule has 0 spiro atoms. The molecule has 27 heavy (non-hydrogen) atoms. The molecule has 6 nitrogen and oxygen atoms in total. The Hall–Kier alpha value is -3.80. The van der Waals surface area contributed by atoms with Crippen molar-refractivity contribution in [2.45, 2.75) is 0 Å². The maximum Gasteiger partial charge on any atom is 0.337 e. The molecule has 6 heteroatoms. The summed E-state index contributed by atoms with van der Waals surface area (Å²) in [4.78, 5) is 24.1. The van der Waals surface area contributed by atoms with Crippen LogP contribution in [-0.4, -0.2) is 24.1 Å². The molecule has 136 valence electrons. The Morgan fingerprint density at radius 1 is 0.852 bits per heavy atom. The van der Waals surface area contributed by atoms with Gasteiger partial charge in [0.25, 0.3) is 5.91 Å². The minimum absolute atomic E-state index is 0.0429. The first kappa shape index (κ1) is 18.0. The Kier molecular flexibility index (Phi) is 5.37. The normalized spacial score (nSPS) is 10.1. The van der Waals surface area contributed by atoms with Crippen LogP contribution in [0.1, 0.15) is 20.7 Å². The van der Waals surface area contributed by atoms with Crippen molar-refractivity contribution < 1.29 is 24.2 Å². The largest absolute Gasteiger partial charge is 0.496 e. The van der Waals surface area contributed by atoms with Gasteiger partial charge in [-0.25, -0.2) is 4.79 Å². The van der Waals surface area contributed by atoms with Gasteiger partial charge in [-0.15, -0.1) is 0 Å². The number of methoxy groups -OCH3 is 1. The van der Waals surface area contributed by atoms with Gasteiger partial charge in [0.1, 0.15) is 17.2 Å². The fraction of sp³-hybridized carbons (Fsp3) is 0.0476. The molecule has 2 N–H and O–H groups in total. The monoisotopic (exact) mass is 363 g/mol. The number of hydrogen-bond donors (Lipinski definition) is 2. The molecular weight excluding hydrogens is 346 g/mol. The first-order valence-corrected chi connectivity index (χ1v) is 8.13. The number of hydrogen-bond acceptors (Lipinski definition) is 4. The van der Waals surface area contributed by atoms with E-state index < -0.39 is 11.9 Å². The van der Waals surface area contributed by atoms with Crippen LogP contribution in [0.15, 0.2) is 72.8 Å². The van der Waals surface area contributed by atoms with Gasteiger partial charge in [0.2, 0.25) is 0 Å². The first-order valence-electron chi connectivity index (χ1n) is 8.13. The van der Waals surface area contributed by atoms with E-state index in [-0.39, 0.29) is 11.3 Å². The highest BCUT2D eigenvalue weighted by Crippen LogP contribution is 2.28. The number of anilines is 1. The molecule has 0 saturated carbocycles. The van der Waals surface area contributed by atoms with Crippen LogP contribution in [0.4, 0.5) is 5.69 Å². The lowest BCUT2D eigenvalue weighted by Gasteiger charge is -2.13. The minimum Gasteiger partial charge on any atom is -0.496 e. The topological polar surface area (TPSA) is 84.9 Å². The van der Waals surface area contributed by atoms with E-state index in [1.807, 2.05) is 18.2 Å². The lowest BCUT2D eigenvalue weighted by Crippen LogP contribution is -2.15. The Morgan fingerprint density at radius 2 is 1.56 bits per heavy atom. The molecule has 0 bridgehead atoms. The van der Waals surface area contributed by atoms with Crippen LogP contribution in [0, 0.1) is 0 Å². The molecule has 3 rings (SSSR count). The predicted molar refractivity (Wildman–Crippen MR) is 101 cm³/mol. The number of carbonyl (C=O) groups excluding carboxylic acids is 1. The van der Waals surface area contributed by atoms with Crippen LogP contribution < -0.4 is 14.8 Å². The smallest absolute Gasteiger partial charge is 0.337 e. The second-order valence-corrected chi connectivity index (χ2v) is 5.58. The Balaban J connectivity index is 1.91. The summed E-state index contributed by atoms with van der Waals surface area (Å²) in [6.45, 7) is 0. The Morgan fingerprint density at radius 3 is 2.26 bits per heavy atom. The van der Waals surface area contributed by atoms with Crippen LogP contribution in [0.3, 0.4) is 0 Å². The number of aromatic carboxylic acids is 1. The van der Waals surface area contributed by atoms with Crippen molar-refractivity contribution >= 4 is 17.6 Å². The number of carboxylic acid groups (broad SMARTS) is 1. The average molecular weight is 363 g/mol. The molecule has 1 amide bonds. The van der Waals surface area contributed by atoms with Gasteiger partial charge in [0, 0.05) is 6.07 Å². The van der Waals surface area contributed by atoms with E-state index in [2.05, 4.69) is 5.32 Å². The fourth-order valence-corrected chi connectivity index (χ4v) is 2.52. The maximum atomic E-state index is 12.6. The van der Waals surface area contributed by atoms with Crippen molar-refractivity contribution in [1.29, 1.82) is 0 Å². The molecule has 3 aromatic carbocycles. The quantitative estimate of drug-likeness (QED) is 0.676. The van der Waals surface area contributed by atoms with Gasteiger partial charge >= 0.3 is 5.97 Å². The van der Waals surface area contributed by atoms with E-state index in [0.29, 0.717) is 22.8 Å². The molecule has 3 aromatic rings. The third kappa shape index (κ3) is 4.24. The molecule has 0 unspecified atom stereocenters. The van der Waals surface area contributed by atoms with Crippen molar-refractivity contribution in [3.8, 4) is 17.2 Å². The van der Waals surface area contributed by atoms with Gasteiger partial charge in [0.15, 0.2) is 0 Å². The molecule has 0 saturated heterocycles. The number of nitrogens with one attached hydrogen (secondary N) is 1. The number of benzene rings is 3. The van der Waals surface area contributed by atoms with Crippen molar-refractivity contribution in [3.05, 3.63) is 83.9 Å². The minimum atomic E-state index is -1.16. The second-order valence-electron chi connectivity index (χ2n) is 5.58. The summed E-state index contributed by atoms with van der Waals surface area (Å²) in [7, 11) is 1.46. The molecule has 0 fully saturated rings. The summed E-state index contributed by atoms with van der Waals surface area (Å²) in [6.07, 6.45) is 0. The third-order valence-electron chi connectivity index (χ3n) is 3.80. The van der Waals surface area contributed by atoms with E-state index in [1.165, 1.54) is 25.3 Å². The number of carboxylic acids is 1. The van der Waals surface area contributed by atoms with E-state index >= 15 is 0 Å². The molecule has 0 radical (unpaired) electrons. The molecule has 0 heterocycles. The standard InChI is InChI=1S/C21H17NO5/c1-26-19-10-6-5-9-17(19)20(23)22-18-13-15(11-12-16(18)21(24)25)27-14-7-3-2-4-8-14/h2-13H,1H3,(H,22,23)(H,24,25). The molecular formula is C21H17NO5. The Labute approximate surface area is 156 Å². The Bertz CT molecular complexity index is 969. The van der Waals surface area contributed by atoms with Crippen LogP contribution in [-0.2, 0) is 0 Å². The van der Waals surface area contributed by atoms with Gasteiger partial charge in [-0.3, -0.25) is 4.79 Å². The maximum absolute atomic E-state index is 12.6. The highest BCUT2D eigenvalue weighted by Gasteiger charge is 2.17. The zero-order chi connectivity index (χ0) is 19.2. The molecule has 0 aliphatic rings. The summed E-state index contributed by atoms with van der Waals surface area (Å²) < 4.78 is 10.9. The van der Waals surface area contributed by atoms with Crippen molar-refractivity contribution in [3.63, 3.8) is 0 Å². The van der Waals surface area contributed by atoms with E-state index in [4.69, 9.17) is 9.47 Å². The van der Waals surface area contributed by atoms with Gasteiger partial charge < -0.3 is 19.9 Å². The molecule has 0 atom stereocenters. The number of rotatable bonds is 6. The van der Waals surface area contributed by atoms with Crippen molar-refractivity contribution in [2.24, 2.45) is 0 Å². The summed E-state index contributed by atoms with van der Waals surface area (Å²) >= 11 is 0. The summed E-state index contributed by atoms with van der Waals surface area (Å²) in [6, 6.07) is 20.2. The van der Waals surface area contributed by atoms with Gasteiger partial charge in [-0.1, -0.05) is 30.3 Å². The van der Waals surface area contributed by atoms with Crippen LogP contribution in [0.25, 0.3) is 0 Å². The molecule has 0 aromatic heterocycles. The highest BCUT2D eigenvalue weighted by molar-refractivity contribution is 6.09. The van der Waals surface area contributed by atoms with E-state index in [1.54, 1.807) is 36.4 Å². The van der Waals surface area contributed by atoms with Gasteiger partial charge in [0.05, 0.1) is 23.9 Å². The first-order chi connectivity index (χ1) is 13.1. The number of para-hydroxylation sites is 2. The van der Waals surface area contributed by atoms with E-state index in [9.17, 15) is 14.7 Å². The van der Waals surface area contributed by atoms with Crippen molar-refractivity contribution in [1.82, 2.24) is 0 Å². The van der Waals surface area contributed by atoms with Crippen LogP contribution in [0.2, 0.25) is 0 Å². The van der Waals surface area contributed by atoms with E-state index in [0.717, 1.165) is 0 Å². The predicted octanol–water partition coefficient (Wildman–Crippen LogP) is 4.44. The van der Waals surface area contributed by atoms with Gasteiger partial charge in [-0.2, -0.15) is 0 Å². The lowest BCUT2D eigenvalue weighted by molar-refractivity contribution is 0.0698. The number of ether oxygens (including phenoxy) is 2. The van der Waals surface area contributed by atoms with Crippen LogP contribution in [0.5, 0.6) is 17.2 Å². The number of amides is 1. The summed E-state index contributed by atoms with van der Waals surface area (Å²) in [5.41, 5.74) is 0.385. The number of carbonyl (C=O) groups is 2. The average Bonchev–Trinajstić information content (AvgIpc) is 2.68. The van der Waals surface area contributed by atoms with Crippen LogP contribution >= 0.6 is 0 Å². The SMILES string of the molecule is COc1ccccc1C(=O)Nc1cc(Oc2ccccc2)ccc1C(=O)O. The second kappa shape index (κ2) is 8.05. The van der Waals surface area contributed by atoms with Crippen molar-refractivity contribution in [2.75, 3.05) is 12.4 Å². The van der Waals surface area contributed by atoms with Gasteiger partial charge in [-0.05, 0) is 36.4 Å². The summed E-state index contributed by atoms with van der Waals surface area (Å²) in [5.74, 6) is -0.240. The molecule has 0 aliphatic carbocycles. The fourth-order valence-electron chi connectivity index (χ4n) is 2.52. The lowest BCUT2D eigenvalue weighted by atomic mass is 10.1. The zero-order valence-corrected chi connectivity index (χ0v) is 14.5. The highest BCUT2D eigenvalue weighted by atomic mass is 16.5. The third-order valence-corrected chi connectivity index (χ3v) is 3.80. The zero-order valence-electron chi connectivity index (χ0n) is 14.5.